The fourth-order valence-electron chi connectivity index (χ4n) is 2.59. The van der Waals surface area contributed by atoms with E-state index in [2.05, 4.69) is 37.2 Å². The van der Waals surface area contributed by atoms with Gasteiger partial charge in [-0.15, -0.1) is 0 Å². The number of nitriles is 1. The molecule has 0 saturated carbocycles. The molecule has 3 rings (SSSR count). The van der Waals surface area contributed by atoms with E-state index in [0.717, 1.165) is 14.5 Å². The largest absolute Gasteiger partial charge is 0.488 e. The molecule has 1 amide bonds. The number of carbonyl (C=O) groups excluding carboxylic acids is 1. The summed E-state index contributed by atoms with van der Waals surface area (Å²) in [5, 5.41) is 12.9. The normalized spacial score (nSPS) is 10.9. The molecule has 0 spiro atoms. The van der Waals surface area contributed by atoms with Crippen LogP contribution in [0.25, 0.3) is 6.08 Å². The number of ether oxygens (including phenoxy) is 1. The Morgan fingerprint density at radius 3 is 2.50 bits per heavy atom. The molecule has 0 fully saturated rings. The summed E-state index contributed by atoms with van der Waals surface area (Å²) in [5.41, 5.74) is 2.07. The average Bonchev–Trinajstić information content (AvgIpc) is 2.73. The maximum absolute atomic E-state index is 12.6. The maximum atomic E-state index is 12.6. The first-order valence-corrected chi connectivity index (χ1v) is 10.8. The van der Waals surface area contributed by atoms with Crippen molar-refractivity contribution in [2.24, 2.45) is 0 Å². The molecule has 0 aromatic heterocycles. The standard InChI is InChI=1S/C23H15Br2ClN2O2/c24-18-4-7-21(8-5-18)28-23(29)17(13-27)11-16-12-19(25)6-9-22(16)30-14-15-2-1-3-20(26)10-15/h1-12H,14H2,(H,28,29)/b17-11+. The molecule has 30 heavy (non-hydrogen) atoms. The van der Waals surface area contributed by atoms with Gasteiger partial charge in [0.2, 0.25) is 0 Å². The Morgan fingerprint density at radius 1 is 1.07 bits per heavy atom. The molecule has 4 nitrogen and oxygen atoms in total. The third-order valence-electron chi connectivity index (χ3n) is 4.02. The lowest BCUT2D eigenvalue weighted by Crippen LogP contribution is -2.13. The molecule has 0 heterocycles. The molecule has 7 heteroatoms. The number of hydrogen-bond donors (Lipinski definition) is 1. The van der Waals surface area contributed by atoms with Crippen molar-refractivity contribution in [2.75, 3.05) is 5.32 Å². The summed E-state index contributed by atoms with van der Waals surface area (Å²) in [7, 11) is 0. The van der Waals surface area contributed by atoms with Crippen molar-refractivity contribution in [1.29, 1.82) is 5.26 Å². The highest BCUT2D eigenvalue weighted by Crippen LogP contribution is 2.27. The van der Waals surface area contributed by atoms with E-state index in [1.165, 1.54) is 6.08 Å². The summed E-state index contributed by atoms with van der Waals surface area (Å²) in [6.07, 6.45) is 1.51. The van der Waals surface area contributed by atoms with Crippen LogP contribution in [0.15, 0.2) is 81.2 Å². The van der Waals surface area contributed by atoms with Crippen molar-refractivity contribution >= 4 is 61.1 Å². The second-order valence-corrected chi connectivity index (χ2v) is 8.50. The van der Waals surface area contributed by atoms with E-state index in [1.54, 1.807) is 30.3 Å². The number of anilines is 1. The van der Waals surface area contributed by atoms with Crippen LogP contribution in [-0.2, 0) is 11.4 Å². The summed E-state index contributed by atoms with van der Waals surface area (Å²) < 4.78 is 7.62. The smallest absolute Gasteiger partial charge is 0.266 e. The first-order valence-electron chi connectivity index (χ1n) is 8.80. The molecule has 3 aromatic rings. The molecule has 0 radical (unpaired) electrons. The van der Waals surface area contributed by atoms with Crippen LogP contribution >= 0.6 is 43.5 Å². The van der Waals surface area contributed by atoms with Crippen LogP contribution in [0.4, 0.5) is 5.69 Å². The van der Waals surface area contributed by atoms with Gasteiger partial charge in [0.25, 0.3) is 5.91 Å². The zero-order chi connectivity index (χ0) is 21.5. The van der Waals surface area contributed by atoms with Crippen LogP contribution in [0.5, 0.6) is 5.75 Å². The van der Waals surface area contributed by atoms with Gasteiger partial charge in [0, 0.05) is 25.2 Å². The van der Waals surface area contributed by atoms with Gasteiger partial charge in [-0.2, -0.15) is 5.26 Å². The summed E-state index contributed by atoms with van der Waals surface area (Å²) in [6.45, 7) is 0.302. The van der Waals surface area contributed by atoms with Crippen molar-refractivity contribution in [3.63, 3.8) is 0 Å². The molecule has 0 atom stereocenters. The zero-order valence-electron chi connectivity index (χ0n) is 15.5. The monoisotopic (exact) mass is 544 g/mol. The van der Waals surface area contributed by atoms with Crippen LogP contribution in [0.1, 0.15) is 11.1 Å². The highest BCUT2D eigenvalue weighted by molar-refractivity contribution is 9.10. The number of carbonyl (C=O) groups is 1. The van der Waals surface area contributed by atoms with Crippen molar-refractivity contribution in [2.45, 2.75) is 6.61 Å². The van der Waals surface area contributed by atoms with E-state index in [9.17, 15) is 10.1 Å². The molecule has 0 aliphatic rings. The summed E-state index contributed by atoms with van der Waals surface area (Å²) in [6, 6.07) is 21.8. The predicted octanol–water partition coefficient (Wildman–Crippen LogP) is 6.99. The molecule has 0 bridgehead atoms. The van der Waals surface area contributed by atoms with E-state index in [-0.39, 0.29) is 5.57 Å². The van der Waals surface area contributed by atoms with E-state index >= 15 is 0 Å². The van der Waals surface area contributed by atoms with Gasteiger partial charge in [0.1, 0.15) is 24.0 Å². The fourth-order valence-corrected chi connectivity index (χ4v) is 3.44. The van der Waals surface area contributed by atoms with Gasteiger partial charge in [0.15, 0.2) is 0 Å². The minimum atomic E-state index is -0.499. The quantitative estimate of drug-likeness (QED) is 0.268. The van der Waals surface area contributed by atoms with E-state index < -0.39 is 5.91 Å². The number of amides is 1. The van der Waals surface area contributed by atoms with Crippen LogP contribution < -0.4 is 10.1 Å². The van der Waals surface area contributed by atoms with Gasteiger partial charge in [-0.05, 0) is 66.2 Å². The van der Waals surface area contributed by atoms with Gasteiger partial charge < -0.3 is 10.1 Å². The average molecular weight is 547 g/mol. The van der Waals surface area contributed by atoms with Gasteiger partial charge >= 0.3 is 0 Å². The van der Waals surface area contributed by atoms with E-state index in [0.29, 0.717) is 28.6 Å². The second kappa shape index (κ2) is 10.4. The number of nitrogens with zero attached hydrogens (tertiary/aromatic N) is 1. The van der Waals surface area contributed by atoms with Crippen LogP contribution in [-0.4, -0.2) is 5.91 Å². The van der Waals surface area contributed by atoms with Crippen LogP contribution in [0.2, 0.25) is 5.02 Å². The Morgan fingerprint density at radius 2 is 1.80 bits per heavy atom. The van der Waals surface area contributed by atoms with Crippen LogP contribution in [0.3, 0.4) is 0 Å². The molecule has 0 aliphatic heterocycles. The summed E-state index contributed by atoms with van der Waals surface area (Å²) in [5.74, 6) is 0.0444. The molecule has 0 saturated heterocycles. The predicted molar refractivity (Wildman–Crippen MR) is 126 cm³/mol. The zero-order valence-corrected chi connectivity index (χ0v) is 19.5. The Labute approximate surface area is 196 Å². The van der Waals surface area contributed by atoms with Gasteiger partial charge in [0.05, 0.1) is 0 Å². The van der Waals surface area contributed by atoms with Crippen molar-refractivity contribution < 1.29 is 9.53 Å². The molecule has 3 aromatic carbocycles. The minimum absolute atomic E-state index is 0.0383. The minimum Gasteiger partial charge on any atom is -0.488 e. The first kappa shape index (κ1) is 22.1. The molecular weight excluding hydrogens is 532 g/mol. The Balaban J connectivity index is 1.82. The van der Waals surface area contributed by atoms with Crippen LogP contribution in [0, 0.1) is 11.3 Å². The first-order chi connectivity index (χ1) is 14.4. The summed E-state index contributed by atoms with van der Waals surface area (Å²) >= 11 is 12.8. The number of hydrogen-bond acceptors (Lipinski definition) is 3. The van der Waals surface area contributed by atoms with E-state index in [1.807, 2.05) is 42.5 Å². The highest BCUT2D eigenvalue weighted by Gasteiger charge is 2.12. The number of halogens is 3. The van der Waals surface area contributed by atoms with Crippen molar-refractivity contribution in [1.82, 2.24) is 0 Å². The molecule has 150 valence electrons. The number of benzene rings is 3. The Bertz CT molecular complexity index is 1140. The SMILES string of the molecule is N#C/C(=C\c1cc(Br)ccc1OCc1cccc(Cl)c1)C(=O)Nc1ccc(Br)cc1. The maximum Gasteiger partial charge on any atom is 0.266 e. The lowest BCUT2D eigenvalue weighted by molar-refractivity contribution is -0.112. The third-order valence-corrected chi connectivity index (χ3v) is 5.28. The van der Waals surface area contributed by atoms with Crippen molar-refractivity contribution in [3.8, 4) is 11.8 Å². The van der Waals surface area contributed by atoms with Gasteiger partial charge in [-0.3, -0.25) is 4.79 Å². The topological polar surface area (TPSA) is 62.1 Å². The second-order valence-electron chi connectivity index (χ2n) is 6.23. The van der Waals surface area contributed by atoms with E-state index in [4.69, 9.17) is 16.3 Å². The van der Waals surface area contributed by atoms with Gasteiger partial charge in [-0.1, -0.05) is 55.6 Å². The van der Waals surface area contributed by atoms with Crippen molar-refractivity contribution in [3.05, 3.63) is 97.4 Å². The number of rotatable bonds is 6. The highest BCUT2D eigenvalue weighted by atomic mass is 79.9. The molecule has 0 unspecified atom stereocenters. The third kappa shape index (κ3) is 6.20. The molecular formula is C23H15Br2ClN2O2. The van der Waals surface area contributed by atoms with Gasteiger partial charge in [-0.25, -0.2) is 0 Å². The lowest BCUT2D eigenvalue weighted by Gasteiger charge is -2.11. The number of nitrogens with one attached hydrogen (secondary N) is 1. The fraction of sp³-hybridized carbons (Fsp3) is 0.0435. The Kier molecular flexibility index (Phi) is 7.69. The molecule has 0 aliphatic carbocycles. The molecule has 1 N–H and O–H groups in total. The Hall–Kier alpha value is -2.59. The lowest BCUT2D eigenvalue weighted by atomic mass is 10.1. The summed E-state index contributed by atoms with van der Waals surface area (Å²) in [4.78, 5) is 12.6.